The van der Waals surface area contributed by atoms with E-state index in [1.54, 1.807) is 39.2 Å². The van der Waals surface area contributed by atoms with Crippen LogP contribution in [0.4, 0.5) is 4.79 Å². The van der Waals surface area contributed by atoms with E-state index in [0.29, 0.717) is 17.1 Å². The first kappa shape index (κ1) is 19.2. The molecule has 0 spiro atoms. The monoisotopic (exact) mass is 344 g/mol. The number of hydrogen-bond donors (Lipinski definition) is 1. The van der Waals surface area contributed by atoms with Crippen molar-refractivity contribution in [2.24, 2.45) is 5.10 Å². The molecule has 0 radical (unpaired) electrons. The van der Waals surface area contributed by atoms with Gasteiger partial charge in [-0.05, 0) is 26.0 Å². The number of rotatable bonds is 9. The summed E-state index contributed by atoms with van der Waals surface area (Å²) in [5.74, 6) is 1.14. The number of hydrogen-bond acceptors (Lipinski definition) is 7. The zero-order chi connectivity index (χ0) is 17.3. The highest BCUT2D eigenvalue weighted by Gasteiger charge is 2.34. The lowest BCUT2D eigenvalue weighted by Crippen LogP contribution is -2.19. The van der Waals surface area contributed by atoms with Crippen LogP contribution in [0.1, 0.15) is 19.4 Å². The van der Waals surface area contributed by atoms with Gasteiger partial charge in [0.1, 0.15) is 11.5 Å². The van der Waals surface area contributed by atoms with E-state index >= 15 is 0 Å². The Hall–Kier alpha value is -1.89. The van der Waals surface area contributed by atoms with Gasteiger partial charge < -0.3 is 18.5 Å². The second kappa shape index (κ2) is 9.29. The predicted molar refractivity (Wildman–Crippen MR) is 86.5 cm³/mol. The van der Waals surface area contributed by atoms with Crippen molar-refractivity contribution in [3.8, 4) is 11.5 Å². The minimum Gasteiger partial charge on any atom is -0.497 e. The molecule has 0 heterocycles. The smallest absolute Gasteiger partial charge is 0.420 e. The third-order valence-electron chi connectivity index (χ3n) is 2.65. The van der Waals surface area contributed by atoms with Crippen LogP contribution < -0.4 is 14.9 Å². The highest BCUT2D eigenvalue weighted by Crippen LogP contribution is 2.48. The van der Waals surface area contributed by atoms with Crippen LogP contribution in [0.25, 0.3) is 0 Å². The molecule has 1 N–H and O–H groups in total. The molecule has 0 atom stereocenters. The van der Waals surface area contributed by atoms with Crippen LogP contribution in [-0.2, 0) is 13.6 Å². The molecule has 0 aliphatic carbocycles. The summed E-state index contributed by atoms with van der Waals surface area (Å²) in [5.41, 5.74) is 1.83. The quantitative estimate of drug-likeness (QED) is 0.420. The number of methoxy groups -OCH3 is 2. The molecule has 8 nitrogen and oxygen atoms in total. The maximum absolute atomic E-state index is 12.2. The van der Waals surface area contributed by atoms with E-state index in [0.717, 1.165) is 0 Å². The molecule has 1 rings (SSSR count). The third-order valence-corrected chi connectivity index (χ3v) is 4.45. The zero-order valence-corrected chi connectivity index (χ0v) is 14.5. The lowest BCUT2D eigenvalue weighted by molar-refractivity contribution is 0.207. The fourth-order valence-corrected chi connectivity index (χ4v) is 2.81. The normalized spacial score (nSPS) is 11.5. The number of carbonyl (C=O) groups is 1. The molecule has 0 saturated heterocycles. The molecule has 1 amide bonds. The molecule has 23 heavy (non-hydrogen) atoms. The Balaban J connectivity index is 2.82. The molecule has 9 heteroatoms. The van der Waals surface area contributed by atoms with Gasteiger partial charge in [-0.25, -0.2) is 9.99 Å². The van der Waals surface area contributed by atoms with Crippen molar-refractivity contribution in [2.75, 3.05) is 27.4 Å². The van der Waals surface area contributed by atoms with E-state index in [4.69, 9.17) is 18.5 Å². The molecule has 128 valence electrons. The summed E-state index contributed by atoms with van der Waals surface area (Å²) < 4.78 is 32.3. The summed E-state index contributed by atoms with van der Waals surface area (Å²) >= 11 is 0. The van der Waals surface area contributed by atoms with Gasteiger partial charge in [-0.15, -0.1) is 0 Å². The number of carbonyl (C=O) groups excluding carboxylic acids is 1. The summed E-state index contributed by atoms with van der Waals surface area (Å²) in [6.45, 7) is 3.40. The average molecular weight is 344 g/mol. The second-order valence-corrected chi connectivity index (χ2v) is 6.03. The molecular weight excluding hydrogens is 323 g/mol. The van der Waals surface area contributed by atoms with E-state index in [-0.39, 0.29) is 13.2 Å². The van der Waals surface area contributed by atoms with Crippen molar-refractivity contribution in [1.29, 1.82) is 0 Å². The highest BCUT2D eigenvalue weighted by molar-refractivity contribution is 7.71. The zero-order valence-electron chi connectivity index (χ0n) is 13.6. The van der Waals surface area contributed by atoms with Crippen molar-refractivity contribution in [1.82, 2.24) is 5.43 Å². The van der Waals surface area contributed by atoms with Gasteiger partial charge in [0.15, 0.2) is 0 Å². The predicted octanol–water partition coefficient (Wildman–Crippen LogP) is 3.01. The Morgan fingerprint density at radius 3 is 2.39 bits per heavy atom. The van der Waals surface area contributed by atoms with Gasteiger partial charge in [-0.1, -0.05) is 0 Å². The first-order valence-electron chi connectivity index (χ1n) is 6.95. The molecule has 1 aromatic rings. The maximum atomic E-state index is 12.2. The minimum absolute atomic E-state index is 0.0840. The minimum atomic E-state index is -3.88. The first-order valence-corrected chi connectivity index (χ1v) is 8.49. The lowest BCUT2D eigenvalue weighted by Gasteiger charge is -2.14. The van der Waals surface area contributed by atoms with Gasteiger partial charge in [0.2, 0.25) is 0 Å². The summed E-state index contributed by atoms with van der Waals surface area (Å²) in [6.07, 6.45) is 1.36. The van der Waals surface area contributed by atoms with E-state index in [1.807, 2.05) is 0 Å². The fourth-order valence-electron chi connectivity index (χ4n) is 1.64. The first-order chi connectivity index (χ1) is 11.0. The van der Waals surface area contributed by atoms with Crippen molar-refractivity contribution in [2.45, 2.75) is 13.8 Å². The van der Waals surface area contributed by atoms with Gasteiger partial charge in [-0.3, -0.25) is 4.79 Å². The number of nitrogens with one attached hydrogen (secondary N) is 1. The molecule has 0 bridgehead atoms. The van der Waals surface area contributed by atoms with Crippen LogP contribution in [-0.4, -0.2) is 39.3 Å². The number of ether oxygens (including phenoxy) is 2. The third kappa shape index (κ3) is 5.35. The van der Waals surface area contributed by atoms with Gasteiger partial charge in [0.25, 0.3) is 0 Å². The SMILES string of the molecule is CCOP(=O)(OCC)C(=O)N/N=C\c1ccc(OC)cc1OC. The Bertz CT molecular complexity index is 595. The van der Waals surface area contributed by atoms with Crippen LogP contribution in [0.2, 0.25) is 0 Å². The molecule has 0 fully saturated rings. The van der Waals surface area contributed by atoms with Gasteiger partial charge in [0, 0.05) is 11.6 Å². The number of amides is 1. The van der Waals surface area contributed by atoms with Crippen LogP contribution in [0.5, 0.6) is 11.5 Å². The van der Waals surface area contributed by atoms with E-state index in [2.05, 4.69) is 10.5 Å². The van der Waals surface area contributed by atoms with Crippen LogP contribution in [0, 0.1) is 0 Å². The summed E-state index contributed by atoms with van der Waals surface area (Å²) in [6, 6.07) is 5.10. The molecule has 0 aliphatic heterocycles. The average Bonchev–Trinajstić information content (AvgIpc) is 2.55. The van der Waals surface area contributed by atoms with Gasteiger partial charge in [-0.2, -0.15) is 5.10 Å². The number of benzene rings is 1. The van der Waals surface area contributed by atoms with Crippen molar-refractivity contribution in [3.05, 3.63) is 23.8 Å². The Kier molecular flexibility index (Phi) is 7.74. The lowest BCUT2D eigenvalue weighted by atomic mass is 10.2. The number of nitrogens with zero attached hydrogens (tertiary/aromatic N) is 1. The molecule has 0 aliphatic rings. The molecule has 1 aromatic carbocycles. The maximum Gasteiger partial charge on any atom is 0.420 e. The van der Waals surface area contributed by atoms with Gasteiger partial charge in [0.05, 0.1) is 33.6 Å². The Labute approximate surface area is 135 Å². The molecular formula is C14H21N2O6P. The topological polar surface area (TPSA) is 95.5 Å². The van der Waals surface area contributed by atoms with Gasteiger partial charge >= 0.3 is 13.2 Å². The van der Waals surface area contributed by atoms with Crippen molar-refractivity contribution < 1.29 is 27.9 Å². The van der Waals surface area contributed by atoms with E-state index < -0.39 is 13.2 Å². The van der Waals surface area contributed by atoms with Crippen LogP contribution >= 0.6 is 7.60 Å². The molecule has 0 saturated carbocycles. The van der Waals surface area contributed by atoms with Crippen LogP contribution in [0.15, 0.2) is 23.3 Å². The summed E-state index contributed by atoms with van der Waals surface area (Å²) in [7, 11) is -0.832. The Morgan fingerprint density at radius 2 is 1.87 bits per heavy atom. The van der Waals surface area contributed by atoms with Crippen LogP contribution in [0.3, 0.4) is 0 Å². The standard InChI is InChI=1S/C14H21N2O6P/c1-5-21-23(18,22-6-2)14(17)16-15-10-11-7-8-12(19-3)9-13(11)20-4/h7-10H,5-6H2,1-4H3,(H,16,17)/b15-10-. The molecule has 0 aromatic heterocycles. The van der Waals surface area contributed by atoms with Crippen molar-refractivity contribution >= 4 is 19.5 Å². The molecule has 0 unspecified atom stereocenters. The number of hydrazone groups is 1. The highest BCUT2D eigenvalue weighted by atomic mass is 31.2. The Morgan fingerprint density at radius 1 is 1.22 bits per heavy atom. The fraction of sp³-hybridized carbons (Fsp3) is 0.429. The van der Waals surface area contributed by atoms with E-state index in [9.17, 15) is 9.36 Å². The largest absolute Gasteiger partial charge is 0.497 e. The van der Waals surface area contributed by atoms with E-state index in [1.165, 1.54) is 13.3 Å². The second-order valence-electron chi connectivity index (χ2n) is 4.12. The summed E-state index contributed by atoms with van der Waals surface area (Å²) in [4.78, 5) is 11.9. The summed E-state index contributed by atoms with van der Waals surface area (Å²) in [5, 5.41) is 3.76. The van der Waals surface area contributed by atoms with Crippen molar-refractivity contribution in [3.63, 3.8) is 0 Å².